The average Bonchev–Trinajstić information content (AvgIpc) is 2.78. The molecule has 18 heavy (non-hydrogen) atoms. The van der Waals surface area contributed by atoms with Crippen LogP contribution in [0.2, 0.25) is 0 Å². The van der Waals surface area contributed by atoms with Crippen LogP contribution in [0.4, 0.5) is 0 Å². The van der Waals surface area contributed by atoms with Crippen molar-refractivity contribution in [3.8, 4) is 11.5 Å². The van der Waals surface area contributed by atoms with Gasteiger partial charge in [0, 0.05) is 12.7 Å². The van der Waals surface area contributed by atoms with Crippen LogP contribution in [0.15, 0.2) is 16.8 Å². The number of aryl methyl sites for hydroxylation is 1. The van der Waals surface area contributed by atoms with Gasteiger partial charge in [0.2, 0.25) is 11.7 Å². The van der Waals surface area contributed by atoms with Gasteiger partial charge in [-0.3, -0.25) is 0 Å². The van der Waals surface area contributed by atoms with Crippen molar-refractivity contribution in [2.24, 2.45) is 5.73 Å². The van der Waals surface area contributed by atoms with Crippen LogP contribution in [0.1, 0.15) is 31.0 Å². The monoisotopic (exact) mass is 245 g/mol. The molecular weight excluding hydrogens is 230 g/mol. The molecule has 2 aromatic heterocycles. The Morgan fingerprint density at radius 2 is 2.22 bits per heavy atom. The van der Waals surface area contributed by atoms with Crippen LogP contribution in [-0.2, 0) is 5.41 Å². The van der Waals surface area contributed by atoms with Crippen LogP contribution < -0.4 is 5.73 Å². The van der Waals surface area contributed by atoms with E-state index < -0.39 is 0 Å². The Balaban J connectivity index is 1.94. The maximum absolute atomic E-state index is 5.82. The first kappa shape index (κ1) is 11.3. The fraction of sp³-hybridized carbons (Fsp3) is 0.500. The number of aromatic nitrogens is 4. The van der Waals surface area contributed by atoms with Crippen molar-refractivity contribution in [2.75, 3.05) is 6.54 Å². The lowest BCUT2D eigenvalue weighted by Gasteiger charge is -2.36. The molecule has 0 bridgehead atoms. The van der Waals surface area contributed by atoms with Crippen molar-refractivity contribution < 1.29 is 4.52 Å². The van der Waals surface area contributed by atoms with Crippen LogP contribution in [0, 0.1) is 6.92 Å². The maximum atomic E-state index is 5.82. The molecule has 94 valence electrons. The molecule has 0 spiro atoms. The lowest BCUT2D eigenvalue weighted by Crippen LogP contribution is -2.41. The van der Waals surface area contributed by atoms with Crippen molar-refractivity contribution in [3.05, 3.63) is 24.0 Å². The third-order valence-corrected chi connectivity index (χ3v) is 3.59. The van der Waals surface area contributed by atoms with Crippen LogP contribution in [0.5, 0.6) is 0 Å². The van der Waals surface area contributed by atoms with Gasteiger partial charge in [-0.1, -0.05) is 11.6 Å². The van der Waals surface area contributed by atoms with Gasteiger partial charge in [-0.15, -0.1) is 0 Å². The molecule has 0 saturated heterocycles. The summed E-state index contributed by atoms with van der Waals surface area (Å²) in [4.78, 5) is 12.8. The van der Waals surface area contributed by atoms with Gasteiger partial charge < -0.3 is 10.3 Å². The van der Waals surface area contributed by atoms with E-state index in [1.165, 1.54) is 6.42 Å². The molecule has 0 radical (unpaired) electrons. The number of hydrogen-bond acceptors (Lipinski definition) is 6. The minimum Gasteiger partial charge on any atom is -0.338 e. The third kappa shape index (κ3) is 1.69. The minimum atomic E-state index is -0.104. The Morgan fingerprint density at radius 1 is 1.39 bits per heavy atom. The van der Waals surface area contributed by atoms with Gasteiger partial charge in [0.25, 0.3) is 0 Å². The second-order valence-corrected chi connectivity index (χ2v) is 4.75. The Hall–Kier alpha value is -1.82. The molecule has 6 heteroatoms. The van der Waals surface area contributed by atoms with Crippen LogP contribution in [-0.4, -0.2) is 26.7 Å². The zero-order valence-corrected chi connectivity index (χ0v) is 10.3. The highest BCUT2D eigenvalue weighted by molar-refractivity contribution is 5.47. The van der Waals surface area contributed by atoms with Gasteiger partial charge in [-0.2, -0.15) is 4.98 Å². The molecule has 1 fully saturated rings. The topological polar surface area (TPSA) is 90.7 Å². The summed E-state index contributed by atoms with van der Waals surface area (Å²) >= 11 is 0. The number of hydrogen-bond donors (Lipinski definition) is 1. The largest absolute Gasteiger partial charge is 0.338 e. The standard InChI is InChI=1S/C12H15N5O/c1-8-14-6-3-9(15-8)10-16-11(18-17-10)12(7-13)4-2-5-12/h3,6H,2,4-5,7,13H2,1H3. The van der Waals surface area contributed by atoms with Gasteiger partial charge in [0.1, 0.15) is 11.5 Å². The predicted molar refractivity (Wildman–Crippen MR) is 64.6 cm³/mol. The van der Waals surface area contributed by atoms with Crippen molar-refractivity contribution >= 4 is 0 Å². The van der Waals surface area contributed by atoms with E-state index >= 15 is 0 Å². The summed E-state index contributed by atoms with van der Waals surface area (Å²) in [5.74, 6) is 1.84. The first-order valence-corrected chi connectivity index (χ1v) is 6.08. The highest BCUT2D eigenvalue weighted by Gasteiger charge is 2.42. The first-order valence-electron chi connectivity index (χ1n) is 6.08. The molecule has 0 atom stereocenters. The summed E-state index contributed by atoms with van der Waals surface area (Å²) in [5.41, 5.74) is 6.40. The van der Waals surface area contributed by atoms with E-state index in [0.717, 1.165) is 12.8 Å². The molecule has 1 saturated carbocycles. The molecule has 0 aromatic carbocycles. The minimum absolute atomic E-state index is 0.104. The quantitative estimate of drug-likeness (QED) is 0.874. The van der Waals surface area contributed by atoms with Gasteiger partial charge in [-0.25, -0.2) is 9.97 Å². The second kappa shape index (κ2) is 4.13. The normalized spacial score (nSPS) is 17.4. The predicted octanol–water partition coefficient (Wildman–Crippen LogP) is 1.22. The van der Waals surface area contributed by atoms with E-state index in [1.807, 2.05) is 6.92 Å². The summed E-state index contributed by atoms with van der Waals surface area (Å²) < 4.78 is 5.36. The summed E-state index contributed by atoms with van der Waals surface area (Å²) in [5, 5.41) is 3.99. The van der Waals surface area contributed by atoms with E-state index in [9.17, 15) is 0 Å². The maximum Gasteiger partial charge on any atom is 0.234 e. The van der Waals surface area contributed by atoms with E-state index in [4.69, 9.17) is 10.3 Å². The summed E-state index contributed by atoms with van der Waals surface area (Å²) in [7, 11) is 0. The molecule has 2 N–H and O–H groups in total. The van der Waals surface area contributed by atoms with E-state index in [2.05, 4.69) is 20.1 Å². The summed E-state index contributed by atoms with van der Waals surface area (Å²) in [6.07, 6.45) is 4.90. The lowest BCUT2D eigenvalue weighted by molar-refractivity contribution is 0.182. The van der Waals surface area contributed by atoms with E-state index in [0.29, 0.717) is 29.8 Å². The fourth-order valence-corrected chi connectivity index (χ4v) is 2.23. The second-order valence-electron chi connectivity index (χ2n) is 4.75. The molecule has 2 aromatic rings. The van der Waals surface area contributed by atoms with Crippen LogP contribution >= 0.6 is 0 Å². The SMILES string of the molecule is Cc1nccc(-c2noc(C3(CN)CCC3)n2)n1. The van der Waals surface area contributed by atoms with E-state index in [1.54, 1.807) is 12.3 Å². The average molecular weight is 245 g/mol. The first-order chi connectivity index (χ1) is 8.73. The summed E-state index contributed by atoms with van der Waals surface area (Å²) in [6.45, 7) is 2.38. The molecule has 0 unspecified atom stereocenters. The van der Waals surface area contributed by atoms with Crippen molar-refractivity contribution in [1.29, 1.82) is 0 Å². The molecule has 3 rings (SSSR count). The highest BCUT2D eigenvalue weighted by atomic mass is 16.5. The van der Waals surface area contributed by atoms with Crippen molar-refractivity contribution in [2.45, 2.75) is 31.6 Å². The molecule has 1 aliphatic rings. The fourth-order valence-electron chi connectivity index (χ4n) is 2.23. The zero-order chi connectivity index (χ0) is 12.6. The Bertz CT molecular complexity index is 556. The lowest BCUT2D eigenvalue weighted by atomic mass is 9.69. The molecule has 2 heterocycles. The van der Waals surface area contributed by atoms with Gasteiger partial charge in [0.15, 0.2) is 0 Å². The van der Waals surface area contributed by atoms with Crippen LogP contribution in [0.3, 0.4) is 0 Å². The van der Waals surface area contributed by atoms with Crippen molar-refractivity contribution in [1.82, 2.24) is 20.1 Å². The molecule has 0 amide bonds. The molecule has 1 aliphatic carbocycles. The Labute approximate surface area is 105 Å². The van der Waals surface area contributed by atoms with E-state index in [-0.39, 0.29) is 5.41 Å². The Morgan fingerprint density at radius 3 is 2.83 bits per heavy atom. The Kier molecular flexibility index (Phi) is 2.59. The zero-order valence-electron chi connectivity index (χ0n) is 10.3. The van der Waals surface area contributed by atoms with Gasteiger partial charge in [-0.05, 0) is 25.8 Å². The summed E-state index contributed by atoms with van der Waals surface area (Å²) in [6, 6.07) is 1.78. The smallest absolute Gasteiger partial charge is 0.234 e. The van der Waals surface area contributed by atoms with Crippen LogP contribution in [0.25, 0.3) is 11.5 Å². The number of nitrogens with two attached hydrogens (primary N) is 1. The van der Waals surface area contributed by atoms with Gasteiger partial charge >= 0.3 is 0 Å². The number of nitrogens with zero attached hydrogens (tertiary/aromatic N) is 4. The van der Waals surface area contributed by atoms with Gasteiger partial charge in [0.05, 0.1) is 5.41 Å². The third-order valence-electron chi connectivity index (χ3n) is 3.59. The molecule has 6 nitrogen and oxygen atoms in total. The molecular formula is C12H15N5O. The highest BCUT2D eigenvalue weighted by Crippen LogP contribution is 2.42. The molecule has 0 aliphatic heterocycles. The van der Waals surface area contributed by atoms with Crippen molar-refractivity contribution in [3.63, 3.8) is 0 Å². The number of rotatable bonds is 3.